The Morgan fingerprint density at radius 3 is 2.64 bits per heavy atom. The van der Waals surface area contributed by atoms with Gasteiger partial charge in [0.05, 0.1) is 12.2 Å². The molecule has 0 radical (unpaired) electrons. The van der Waals surface area contributed by atoms with Gasteiger partial charge in [-0.15, -0.1) is 0 Å². The number of benzene rings is 1. The van der Waals surface area contributed by atoms with E-state index in [-0.39, 0.29) is 17.6 Å². The number of para-hydroxylation sites is 1. The number of aryl methyl sites for hydroxylation is 1. The van der Waals surface area contributed by atoms with Crippen molar-refractivity contribution in [3.8, 4) is 0 Å². The molecule has 2 aromatic rings. The fraction of sp³-hybridized carbons (Fsp3) is 0.444. The van der Waals surface area contributed by atoms with E-state index in [1.54, 1.807) is 31.2 Å². The Morgan fingerprint density at radius 2 is 2.00 bits per heavy atom. The van der Waals surface area contributed by atoms with Gasteiger partial charge in [0.1, 0.15) is 0 Å². The normalized spacial score (nSPS) is 15.9. The van der Waals surface area contributed by atoms with Crippen molar-refractivity contribution in [3.05, 3.63) is 41.5 Å². The summed E-state index contributed by atoms with van der Waals surface area (Å²) in [6, 6.07) is 7.06. The third kappa shape index (κ3) is 4.30. The number of anilines is 1. The molecule has 1 aromatic heterocycles. The molecule has 1 aliphatic heterocycles. The van der Waals surface area contributed by atoms with Crippen molar-refractivity contribution in [2.75, 3.05) is 25.0 Å². The summed E-state index contributed by atoms with van der Waals surface area (Å²) in [5.41, 5.74) is 1.10. The summed E-state index contributed by atoms with van der Waals surface area (Å²) in [5, 5.41) is 6.84. The third-order valence-electron chi connectivity index (χ3n) is 4.44. The molecule has 2 heterocycles. The monoisotopic (exact) mass is 342 g/mol. The van der Waals surface area contributed by atoms with E-state index in [0.29, 0.717) is 23.7 Å². The van der Waals surface area contributed by atoms with Crippen LogP contribution in [0.2, 0.25) is 0 Å². The highest BCUT2D eigenvalue weighted by Crippen LogP contribution is 2.25. The van der Waals surface area contributed by atoms with Crippen molar-refractivity contribution in [3.63, 3.8) is 0 Å². The standard InChI is InChI=1S/C18H22N4O3/c1-12(23)15-5-3-4-6-16(15)20-17(24)11-22-9-7-14(8-10-22)18-19-13(2)25-21-18/h3-6,14H,7-11H2,1-2H3,(H,20,24). The fourth-order valence-electron chi connectivity index (χ4n) is 3.12. The number of aromatic nitrogens is 2. The second-order valence-electron chi connectivity index (χ2n) is 6.37. The van der Waals surface area contributed by atoms with Crippen LogP contribution in [-0.4, -0.2) is 46.4 Å². The molecule has 7 heteroatoms. The molecular weight excluding hydrogens is 320 g/mol. The van der Waals surface area contributed by atoms with Gasteiger partial charge in [-0.2, -0.15) is 4.98 Å². The highest BCUT2D eigenvalue weighted by molar-refractivity contribution is 6.04. The summed E-state index contributed by atoms with van der Waals surface area (Å²) in [7, 11) is 0. The summed E-state index contributed by atoms with van der Waals surface area (Å²) in [6.07, 6.45) is 1.80. The van der Waals surface area contributed by atoms with Crippen molar-refractivity contribution >= 4 is 17.4 Å². The molecule has 1 aromatic carbocycles. The molecule has 7 nitrogen and oxygen atoms in total. The van der Waals surface area contributed by atoms with Crippen molar-refractivity contribution in [2.24, 2.45) is 0 Å². The van der Waals surface area contributed by atoms with Crippen LogP contribution in [0.15, 0.2) is 28.8 Å². The van der Waals surface area contributed by atoms with E-state index < -0.39 is 0 Å². The van der Waals surface area contributed by atoms with Crippen LogP contribution in [0.25, 0.3) is 0 Å². The Kier molecular flexibility index (Phi) is 5.23. The fourth-order valence-corrected chi connectivity index (χ4v) is 3.12. The van der Waals surface area contributed by atoms with Gasteiger partial charge >= 0.3 is 0 Å². The largest absolute Gasteiger partial charge is 0.340 e. The topological polar surface area (TPSA) is 88.3 Å². The number of nitrogens with one attached hydrogen (secondary N) is 1. The lowest BCUT2D eigenvalue weighted by molar-refractivity contribution is -0.117. The maximum Gasteiger partial charge on any atom is 0.238 e. The molecular formula is C18H22N4O3. The highest BCUT2D eigenvalue weighted by Gasteiger charge is 2.25. The van der Waals surface area contributed by atoms with Crippen LogP contribution in [0, 0.1) is 6.92 Å². The minimum Gasteiger partial charge on any atom is -0.340 e. The predicted molar refractivity (Wildman–Crippen MR) is 92.5 cm³/mol. The lowest BCUT2D eigenvalue weighted by Gasteiger charge is -2.29. The van der Waals surface area contributed by atoms with Crippen molar-refractivity contribution in [1.82, 2.24) is 15.0 Å². The molecule has 3 rings (SSSR count). The van der Waals surface area contributed by atoms with Crippen LogP contribution >= 0.6 is 0 Å². The number of carbonyl (C=O) groups is 2. The quantitative estimate of drug-likeness (QED) is 0.840. The zero-order chi connectivity index (χ0) is 17.8. The SMILES string of the molecule is CC(=O)c1ccccc1NC(=O)CN1CCC(c2noc(C)n2)CC1. The van der Waals surface area contributed by atoms with Crippen LogP contribution in [-0.2, 0) is 4.79 Å². The summed E-state index contributed by atoms with van der Waals surface area (Å²) < 4.78 is 5.04. The molecule has 25 heavy (non-hydrogen) atoms. The molecule has 1 aliphatic rings. The smallest absolute Gasteiger partial charge is 0.238 e. The van der Waals surface area contributed by atoms with E-state index in [1.807, 2.05) is 0 Å². The molecule has 1 fully saturated rings. The van der Waals surface area contributed by atoms with Gasteiger partial charge in [0.15, 0.2) is 11.6 Å². The lowest BCUT2D eigenvalue weighted by atomic mass is 9.96. The number of piperidine rings is 1. The zero-order valence-corrected chi connectivity index (χ0v) is 14.5. The van der Waals surface area contributed by atoms with Crippen molar-refractivity contribution in [2.45, 2.75) is 32.6 Å². The Morgan fingerprint density at radius 1 is 1.28 bits per heavy atom. The van der Waals surface area contributed by atoms with E-state index in [4.69, 9.17) is 4.52 Å². The van der Waals surface area contributed by atoms with Crippen LogP contribution < -0.4 is 5.32 Å². The van der Waals surface area contributed by atoms with Crippen molar-refractivity contribution < 1.29 is 14.1 Å². The molecule has 1 N–H and O–H groups in total. The minimum atomic E-state index is -0.109. The molecule has 0 saturated carbocycles. The number of hydrogen-bond donors (Lipinski definition) is 1. The maximum atomic E-state index is 12.3. The summed E-state index contributed by atoms with van der Waals surface area (Å²) in [5.74, 6) is 1.46. The van der Waals surface area contributed by atoms with Gasteiger partial charge < -0.3 is 9.84 Å². The molecule has 0 bridgehead atoms. The Bertz CT molecular complexity index is 763. The number of carbonyl (C=O) groups excluding carboxylic acids is 2. The maximum absolute atomic E-state index is 12.3. The van der Waals surface area contributed by atoms with Gasteiger partial charge in [0.25, 0.3) is 0 Å². The van der Waals surface area contributed by atoms with Gasteiger partial charge in [0, 0.05) is 18.4 Å². The Balaban J connectivity index is 1.52. The van der Waals surface area contributed by atoms with Gasteiger partial charge in [-0.05, 0) is 45.0 Å². The first-order valence-electron chi connectivity index (χ1n) is 8.45. The second kappa shape index (κ2) is 7.57. The zero-order valence-electron chi connectivity index (χ0n) is 14.5. The first kappa shape index (κ1) is 17.3. The third-order valence-corrected chi connectivity index (χ3v) is 4.44. The van der Waals surface area contributed by atoms with Crippen LogP contribution in [0.1, 0.15) is 47.8 Å². The Hall–Kier alpha value is -2.54. The number of nitrogens with zero attached hydrogens (tertiary/aromatic N) is 3. The van der Waals surface area contributed by atoms with Crippen LogP contribution in [0.3, 0.4) is 0 Å². The summed E-state index contributed by atoms with van der Waals surface area (Å²) >= 11 is 0. The molecule has 0 unspecified atom stereocenters. The van der Waals surface area contributed by atoms with E-state index in [9.17, 15) is 9.59 Å². The molecule has 0 aliphatic carbocycles. The molecule has 1 saturated heterocycles. The number of likely N-dealkylation sites (tertiary alicyclic amines) is 1. The van der Waals surface area contributed by atoms with Gasteiger partial charge in [-0.1, -0.05) is 17.3 Å². The number of rotatable bonds is 5. The molecule has 0 spiro atoms. The molecule has 132 valence electrons. The first-order valence-corrected chi connectivity index (χ1v) is 8.45. The molecule has 0 atom stereocenters. The van der Waals surface area contributed by atoms with Gasteiger partial charge in [0.2, 0.25) is 11.8 Å². The van der Waals surface area contributed by atoms with Gasteiger partial charge in [-0.3, -0.25) is 14.5 Å². The van der Waals surface area contributed by atoms with E-state index in [2.05, 4.69) is 20.4 Å². The average Bonchev–Trinajstić information content (AvgIpc) is 3.02. The average molecular weight is 342 g/mol. The second-order valence-corrected chi connectivity index (χ2v) is 6.37. The number of amides is 1. The summed E-state index contributed by atoms with van der Waals surface area (Å²) in [6.45, 7) is 5.20. The van der Waals surface area contributed by atoms with Gasteiger partial charge in [-0.25, -0.2) is 0 Å². The minimum absolute atomic E-state index is 0.0629. The van der Waals surface area contributed by atoms with E-state index in [1.165, 1.54) is 6.92 Å². The predicted octanol–water partition coefficient (Wildman–Crippen LogP) is 2.40. The number of ketones is 1. The number of hydrogen-bond acceptors (Lipinski definition) is 6. The highest BCUT2D eigenvalue weighted by atomic mass is 16.5. The van der Waals surface area contributed by atoms with E-state index >= 15 is 0 Å². The summed E-state index contributed by atoms with van der Waals surface area (Å²) in [4.78, 5) is 30.3. The lowest BCUT2D eigenvalue weighted by Crippen LogP contribution is -2.39. The van der Waals surface area contributed by atoms with Crippen LogP contribution in [0.5, 0.6) is 0 Å². The number of Topliss-reactive ketones (excluding diaryl/α,β-unsaturated/α-hetero) is 1. The molecule has 1 amide bonds. The van der Waals surface area contributed by atoms with E-state index in [0.717, 1.165) is 31.8 Å². The first-order chi connectivity index (χ1) is 12.0. The Labute approximate surface area is 146 Å². The van der Waals surface area contributed by atoms with Crippen LogP contribution in [0.4, 0.5) is 5.69 Å². The van der Waals surface area contributed by atoms with Crippen molar-refractivity contribution in [1.29, 1.82) is 0 Å².